The summed E-state index contributed by atoms with van der Waals surface area (Å²) < 4.78 is 20.5. The highest BCUT2D eigenvalue weighted by Crippen LogP contribution is 2.50. The van der Waals surface area contributed by atoms with Gasteiger partial charge in [0.25, 0.3) is 0 Å². The highest BCUT2D eigenvalue weighted by Gasteiger charge is 2.34. The number of rotatable bonds is 1. The maximum atomic E-state index is 14.1. The largest absolute Gasteiger partial charge is 0.480 e. The average Bonchev–Trinajstić information content (AvgIpc) is 2.65. The quantitative estimate of drug-likeness (QED) is 0.460. The highest BCUT2D eigenvalue weighted by molar-refractivity contribution is 6.30. The first kappa shape index (κ1) is 18.3. The monoisotopic (exact) mass is 405 g/mol. The van der Waals surface area contributed by atoms with Crippen LogP contribution >= 0.6 is 11.6 Å². The van der Waals surface area contributed by atoms with Crippen LogP contribution in [0.1, 0.15) is 43.6 Å². The van der Waals surface area contributed by atoms with E-state index in [1.807, 2.05) is 24.3 Å². The minimum Gasteiger partial charge on any atom is -0.480 e. The van der Waals surface area contributed by atoms with Crippen LogP contribution in [0.25, 0.3) is 16.7 Å². The van der Waals surface area contributed by atoms with Crippen LogP contribution in [0.15, 0.2) is 60.7 Å². The molecule has 0 unspecified atom stereocenters. The lowest BCUT2D eigenvalue weighted by Gasteiger charge is -2.37. The maximum absolute atomic E-state index is 14.1. The molecule has 2 aliphatic rings. The summed E-state index contributed by atoms with van der Waals surface area (Å²) in [5.41, 5.74) is 6.99. The van der Waals surface area contributed by atoms with E-state index in [-0.39, 0.29) is 17.5 Å². The van der Waals surface area contributed by atoms with Crippen LogP contribution in [0.5, 0.6) is 5.75 Å². The first-order chi connectivity index (χ1) is 13.8. The number of fused-ring (bicyclic) bond motifs is 5. The fourth-order valence-corrected chi connectivity index (χ4v) is 4.76. The molecule has 29 heavy (non-hydrogen) atoms. The number of hydrogen-bond donors (Lipinski definition) is 1. The molecule has 0 spiro atoms. The van der Waals surface area contributed by atoms with Gasteiger partial charge < -0.3 is 10.1 Å². The van der Waals surface area contributed by atoms with Gasteiger partial charge in [-0.05, 0) is 73.9 Å². The molecule has 0 amide bonds. The third-order valence-corrected chi connectivity index (χ3v) is 5.80. The molecule has 3 aromatic rings. The molecule has 4 heteroatoms. The zero-order valence-corrected chi connectivity index (χ0v) is 17.3. The molecule has 1 atom stereocenters. The lowest BCUT2D eigenvalue weighted by Crippen LogP contribution is -2.32. The van der Waals surface area contributed by atoms with Crippen molar-refractivity contribution < 1.29 is 9.13 Å². The van der Waals surface area contributed by atoms with Crippen LogP contribution in [0.3, 0.4) is 0 Å². The van der Waals surface area contributed by atoms with Crippen molar-refractivity contribution in [3.05, 3.63) is 88.2 Å². The topological polar surface area (TPSA) is 21.3 Å². The van der Waals surface area contributed by atoms with E-state index in [0.717, 1.165) is 33.5 Å². The molecule has 0 fully saturated rings. The molecule has 5 rings (SSSR count). The fourth-order valence-electron chi connectivity index (χ4n) is 4.56. The van der Waals surface area contributed by atoms with Crippen LogP contribution in [-0.4, -0.2) is 5.54 Å². The number of anilines is 1. The molecule has 0 bridgehead atoms. The Hall–Kier alpha value is -2.78. The van der Waals surface area contributed by atoms with Crippen molar-refractivity contribution in [2.45, 2.75) is 32.4 Å². The SMILES string of the molecule is CC1=CC(C)(C)Nc2ccc3c(c21)[C@H](c1cccc(Cl)c1)Oc1ccc(F)cc1-3. The first-order valence-corrected chi connectivity index (χ1v) is 10.1. The van der Waals surface area contributed by atoms with Gasteiger partial charge in [-0.25, -0.2) is 4.39 Å². The Kier molecular flexibility index (Phi) is 4.01. The Morgan fingerprint density at radius 2 is 1.86 bits per heavy atom. The second kappa shape index (κ2) is 6.36. The zero-order valence-electron chi connectivity index (χ0n) is 16.5. The normalized spacial score (nSPS) is 18.5. The average molecular weight is 406 g/mol. The summed E-state index contributed by atoms with van der Waals surface area (Å²) in [5, 5.41) is 4.26. The van der Waals surface area contributed by atoms with E-state index in [4.69, 9.17) is 16.3 Å². The molecule has 2 heterocycles. The molecular formula is C25H21ClFNO. The van der Waals surface area contributed by atoms with Gasteiger partial charge in [0.05, 0.1) is 5.54 Å². The molecule has 2 aliphatic heterocycles. The highest BCUT2D eigenvalue weighted by atomic mass is 35.5. The van der Waals surface area contributed by atoms with Gasteiger partial charge >= 0.3 is 0 Å². The standard InChI is InChI=1S/C25H21ClFNO/c1-14-13-25(2,3)28-20-9-8-18-19-12-17(27)7-10-21(19)29-24(23(18)22(14)20)15-5-4-6-16(26)11-15/h4-13,24,28H,1-3H3/t24-/m0/s1. The number of benzene rings is 3. The molecule has 0 saturated heterocycles. The summed E-state index contributed by atoms with van der Waals surface area (Å²) in [6, 6.07) is 16.6. The van der Waals surface area contributed by atoms with Crippen molar-refractivity contribution in [2.75, 3.05) is 5.32 Å². The molecule has 0 aliphatic carbocycles. The van der Waals surface area contributed by atoms with Crippen LogP contribution in [0.4, 0.5) is 10.1 Å². The van der Waals surface area contributed by atoms with Crippen LogP contribution in [-0.2, 0) is 0 Å². The van der Waals surface area contributed by atoms with Crippen molar-refractivity contribution in [1.29, 1.82) is 0 Å². The van der Waals surface area contributed by atoms with Gasteiger partial charge in [-0.1, -0.05) is 35.9 Å². The molecule has 1 N–H and O–H groups in total. The second-order valence-electron chi connectivity index (χ2n) is 8.32. The number of allylic oxidation sites excluding steroid dienone is 1. The fraction of sp³-hybridized carbons (Fsp3) is 0.200. The summed E-state index contributed by atoms with van der Waals surface area (Å²) in [5.74, 6) is 0.401. The van der Waals surface area contributed by atoms with Gasteiger partial charge in [-0.2, -0.15) is 0 Å². The molecule has 3 aromatic carbocycles. The van der Waals surface area contributed by atoms with Gasteiger partial charge in [0, 0.05) is 27.4 Å². The smallest absolute Gasteiger partial charge is 0.150 e. The minimum atomic E-state index is -0.331. The first-order valence-electron chi connectivity index (χ1n) is 9.69. The third kappa shape index (κ3) is 3.01. The number of nitrogens with one attached hydrogen (secondary N) is 1. The van der Waals surface area contributed by atoms with E-state index < -0.39 is 0 Å². The van der Waals surface area contributed by atoms with E-state index in [1.165, 1.54) is 11.6 Å². The van der Waals surface area contributed by atoms with E-state index in [1.54, 1.807) is 12.1 Å². The van der Waals surface area contributed by atoms with Crippen molar-refractivity contribution >= 4 is 22.9 Å². The van der Waals surface area contributed by atoms with E-state index in [9.17, 15) is 4.39 Å². The summed E-state index contributed by atoms with van der Waals surface area (Å²) in [6.45, 7) is 6.42. The van der Waals surface area contributed by atoms with E-state index in [2.05, 4.69) is 44.3 Å². The Bertz CT molecular complexity index is 1180. The Morgan fingerprint density at radius 3 is 2.66 bits per heavy atom. The minimum absolute atomic E-state index is 0.142. The predicted molar refractivity (Wildman–Crippen MR) is 117 cm³/mol. The zero-order chi connectivity index (χ0) is 20.3. The van der Waals surface area contributed by atoms with Gasteiger partial charge in [-0.15, -0.1) is 0 Å². The maximum Gasteiger partial charge on any atom is 0.150 e. The molecule has 0 radical (unpaired) electrons. The number of ether oxygens (including phenoxy) is 1. The number of hydrogen-bond acceptors (Lipinski definition) is 2. The van der Waals surface area contributed by atoms with Crippen LogP contribution in [0.2, 0.25) is 5.02 Å². The summed E-state index contributed by atoms with van der Waals surface area (Å²) in [7, 11) is 0. The van der Waals surface area contributed by atoms with E-state index >= 15 is 0 Å². The van der Waals surface area contributed by atoms with Crippen molar-refractivity contribution in [3.8, 4) is 16.9 Å². The summed E-state index contributed by atoms with van der Waals surface area (Å²) in [4.78, 5) is 0. The molecule has 2 nitrogen and oxygen atoms in total. The molecule has 146 valence electrons. The molecule has 0 saturated carbocycles. The molecular weight excluding hydrogens is 385 g/mol. The van der Waals surface area contributed by atoms with Crippen molar-refractivity contribution in [3.63, 3.8) is 0 Å². The van der Waals surface area contributed by atoms with E-state index in [0.29, 0.717) is 10.8 Å². The second-order valence-corrected chi connectivity index (χ2v) is 8.75. The number of halogens is 2. The van der Waals surface area contributed by atoms with Gasteiger partial charge in [-0.3, -0.25) is 0 Å². The lowest BCUT2D eigenvalue weighted by atomic mass is 9.80. The summed E-state index contributed by atoms with van der Waals surface area (Å²) in [6.07, 6.45) is 1.90. The molecule has 0 aromatic heterocycles. The Morgan fingerprint density at radius 1 is 1.03 bits per heavy atom. The van der Waals surface area contributed by atoms with Gasteiger partial charge in [0.2, 0.25) is 0 Å². The third-order valence-electron chi connectivity index (χ3n) is 5.56. The Labute approximate surface area is 175 Å². The van der Waals surface area contributed by atoms with Crippen molar-refractivity contribution in [2.24, 2.45) is 0 Å². The van der Waals surface area contributed by atoms with Gasteiger partial charge in [0.1, 0.15) is 11.6 Å². The summed E-state index contributed by atoms with van der Waals surface area (Å²) >= 11 is 6.29. The van der Waals surface area contributed by atoms with Crippen LogP contribution < -0.4 is 10.1 Å². The van der Waals surface area contributed by atoms with Crippen molar-refractivity contribution in [1.82, 2.24) is 0 Å². The Balaban J connectivity index is 1.82. The lowest BCUT2D eigenvalue weighted by molar-refractivity contribution is 0.243. The predicted octanol–water partition coefficient (Wildman–Crippen LogP) is 7.24. The van der Waals surface area contributed by atoms with Gasteiger partial charge in [0.15, 0.2) is 6.10 Å². The van der Waals surface area contributed by atoms with Crippen LogP contribution in [0, 0.1) is 5.82 Å².